The molecule has 29 heavy (non-hydrogen) atoms. The first kappa shape index (κ1) is 19.4. The Morgan fingerprint density at radius 2 is 2.00 bits per heavy atom. The minimum Gasteiger partial charge on any atom is -0.493 e. The zero-order chi connectivity index (χ0) is 20.2. The number of nitrogens with zero attached hydrogens (tertiary/aromatic N) is 4. The normalized spacial score (nSPS) is 13.9. The molecule has 3 aromatic rings. The number of nitrogens with one attached hydrogen (secondary N) is 1. The summed E-state index contributed by atoms with van der Waals surface area (Å²) in [5, 5.41) is 7.43. The number of fused-ring (bicyclic) bond motifs is 1. The summed E-state index contributed by atoms with van der Waals surface area (Å²) in [5.74, 6) is 2.38. The second-order valence-corrected chi connectivity index (χ2v) is 7.31. The Kier molecular flexibility index (Phi) is 5.76. The number of aryl methyl sites for hydroxylation is 1. The fourth-order valence-corrected chi connectivity index (χ4v) is 3.81. The summed E-state index contributed by atoms with van der Waals surface area (Å²) in [6.45, 7) is 4.81. The van der Waals surface area contributed by atoms with Crippen LogP contribution in [0.25, 0.3) is 11.3 Å². The number of H-pyrrole nitrogens is 1. The Hall–Kier alpha value is -2.93. The standard InChI is InChI=1S/C22H27N5O2/c1-4-5-21-23-11-16-13-27(9-8-18(16)25-21)14-17-12-24-26-22(17)15-6-7-19(28-2)20(10-15)29-3/h6-7,10-12H,4-5,8-9,13-14H2,1-3H3,(H,24,26). The summed E-state index contributed by atoms with van der Waals surface area (Å²) >= 11 is 0. The first-order valence-electron chi connectivity index (χ1n) is 10.0. The minimum atomic E-state index is 0.706. The summed E-state index contributed by atoms with van der Waals surface area (Å²) in [6.07, 6.45) is 6.88. The van der Waals surface area contributed by atoms with E-state index in [1.54, 1.807) is 14.2 Å². The number of hydrogen-bond donors (Lipinski definition) is 1. The Balaban J connectivity index is 1.51. The van der Waals surface area contributed by atoms with Crippen LogP contribution >= 0.6 is 0 Å². The summed E-state index contributed by atoms with van der Waals surface area (Å²) in [7, 11) is 3.29. The van der Waals surface area contributed by atoms with Crippen molar-refractivity contribution in [1.82, 2.24) is 25.1 Å². The average molecular weight is 393 g/mol. The highest BCUT2D eigenvalue weighted by atomic mass is 16.5. The zero-order valence-electron chi connectivity index (χ0n) is 17.2. The summed E-state index contributed by atoms with van der Waals surface area (Å²) in [6, 6.07) is 5.92. The van der Waals surface area contributed by atoms with Crippen molar-refractivity contribution in [1.29, 1.82) is 0 Å². The van der Waals surface area contributed by atoms with E-state index in [0.29, 0.717) is 11.5 Å². The number of ether oxygens (including phenoxy) is 2. The van der Waals surface area contributed by atoms with Crippen LogP contribution in [0.1, 0.15) is 36.0 Å². The van der Waals surface area contributed by atoms with Gasteiger partial charge in [-0.2, -0.15) is 5.10 Å². The lowest BCUT2D eigenvalue weighted by molar-refractivity contribution is 0.243. The zero-order valence-corrected chi connectivity index (χ0v) is 17.2. The van der Waals surface area contributed by atoms with Gasteiger partial charge in [-0.1, -0.05) is 6.92 Å². The predicted octanol–water partition coefficient (Wildman–Crippen LogP) is 3.39. The number of aromatic amines is 1. The van der Waals surface area contributed by atoms with Gasteiger partial charge in [-0.25, -0.2) is 9.97 Å². The largest absolute Gasteiger partial charge is 0.493 e. The summed E-state index contributed by atoms with van der Waals surface area (Å²) < 4.78 is 10.8. The molecular formula is C22H27N5O2. The van der Waals surface area contributed by atoms with Crippen molar-refractivity contribution in [2.45, 2.75) is 39.3 Å². The van der Waals surface area contributed by atoms with E-state index < -0.39 is 0 Å². The van der Waals surface area contributed by atoms with Crippen LogP contribution in [0.15, 0.2) is 30.6 Å². The van der Waals surface area contributed by atoms with E-state index in [2.05, 4.69) is 27.0 Å². The van der Waals surface area contributed by atoms with Crippen molar-refractivity contribution in [2.24, 2.45) is 0 Å². The van der Waals surface area contributed by atoms with Crippen LogP contribution in [0.4, 0.5) is 0 Å². The van der Waals surface area contributed by atoms with Crippen LogP contribution in [0.2, 0.25) is 0 Å². The van der Waals surface area contributed by atoms with Gasteiger partial charge < -0.3 is 9.47 Å². The van der Waals surface area contributed by atoms with Gasteiger partial charge in [0.2, 0.25) is 0 Å². The van der Waals surface area contributed by atoms with Gasteiger partial charge in [-0.05, 0) is 24.6 Å². The molecule has 1 N–H and O–H groups in total. The molecule has 0 spiro atoms. The van der Waals surface area contributed by atoms with Crippen molar-refractivity contribution in [3.63, 3.8) is 0 Å². The van der Waals surface area contributed by atoms with Crippen LogP contribution in [0.5, 0.6) is 11.5 Å². The average Bonchev–Trinajstić information content (AvgIpc) is 3.21. The molecule has 0 atom stereocenters. The molecule has 2 aromatic heterocycles. The number of benzene rings is 1. The summed E-state index contributed by atoms with van der Waals surface area (Å²) in [4.78, 5) is 11.7. The topological polar surface area (TPSA) is 76.2 Å². The van der Waals surface area contributed by atoms with E-state index in [1.807, 2.05) is 30.6 Å². The predicted molar refractivity (Wildman–Crippen MR) is 111 cm³/mol. The van der Waals surface area contributed by atoms with Gasteiger partial charge in [0.05, 0.1) is 26.1 Å². The second-order valence-electron chi connectivity index (χ2n) is 7.31. The van der Waals surface area contributed by atoms with Crippen molar-refractivity contribution < 1.29 is 9.47 Å². The molecule has 0 unspecified atom stereocenters. The van der Waals surface area contributed by atoms with E-state index in [9.17, 15) is 0 Å². The maximum atomic E-state index is 5.45. The first-order valence-corrected chi connectivity index (χ1v) is 10.0. The van der Waals surface area contributed by atoms with E-state index >= 15 is 0 Å². The molecule has 0 saturated heterocycles. The second kappa shape index (κ2) is 8.61. The van der Waals surface area contributed by atoms with Crippen LogP contribution < -0.4 is 9.47 Å². The highest BCUT2D eigenvalue weighted by Gasteiger charge is 2.20. The van der Waals surface area contributed by atoms with Gasteiger partial charge >= 0.3 is 0 Å². The quantitative estimate of drug-likeness (QED) is 0.663. The molecule has 0 amide bonds. The molecule has 4 rings (SSSR count). The van der Waals surface area contributed by atoms with Gasteiger partial charge in [0.25, 0.3) is 0 Å². The molecule has 1 aromatic carbocycles. The molecule has 3 heterocycles. The number of aromatic nitrogens is 4. The van der Waals surface area contributed by atoms with Gasteiger partial charge in [-0.15, -0.1) is 0 Å². The third-order valence-corrected chi connectivity index (χ3v) is 5.32. The Bertz CT molecular complexity index is 985. The van der Waals surface area contributed by atoms with Crippen molar-refractivity contribution in [2.75, 3.05) is 20.8 Å². The molecule has 0 bridgehead atoms. The molecule has 0 aliphatic carbocycles. The fraction of sp³-hybridized carbons (Fsp3) is 0.409. The molecule has 0 saturated carbocycles. The molecule has 7 heteroatoms. The lowest BCUT2D eigenvalue weighted by atomic mass is 10.0. The van der Waals surface area contributed by atoms with Gasteiger partial charge in [0, 0.05) is 61.1 Å². The fourth-order valence-electron chi connectivity index (χ4n) is 3.81. The number of hydrogen-bond acceptors (Lipinski definition) is 6. The van der Waals surface area contributed by atoms with E-state index in [1.165, 1.54) is 11.3 Å². The Labute approximate surface area is 171 Å². The molecule has 1 aliphatic rings. The molecule has 0 fully saturated rings. The maximum Gasteiger partial charge on any atom is 0.161 e. The molecule has 1 aliphatic heterocycles. The highest BCUT2D eigenvalue weighted by molar-refractivity contribution is 5.66. The van der Waals surface area contributed by atoms with Crippen LogP contribution in [-0.4, -0.2) is 45.8 Å². The summed E-state index contributed by atoms with van der Waals surface area (Å²) in [5.41, 5.74) is 5.62. The van der Waals surface area contributed by atoms with Crippen molar-refractivity contribution in [3.05, 3.63) is 53.2 Å². The highest BCUT2D eigenvalue weighted by Crippen LogP contribution is 2.33. The molecule has 7 nitrogen and oxygen atoms in total. The van der Waals surface area contributed by atoms with E-state index in [0.717, 1.165) is 61.5 Å². The van der Waals surface area contributed by atoms with Gasteiger partial charge in [0.15, 0.2) is 11.5 Å². The third kappa shape index (κ3) is 4.10. The van der Waals surface area contributed by atoms with E-state index in [4.69, 9.17) is 14.5 Å². The van der Waals surface area contributed by atoms with E-state index in [-0.39, 0.29) is 0 Å². The molecular weight excluding hydrogens is 366 g/mol. The Morgan fingerprint density at radius 3 is 2.79 bits per heavy atom. The van der Waals surface area contributed by atoms with Gasteiger partial charge in [-0.3, -0.25) is 10.00 Å². The van der Waals surface area contributed by atoms with Crippen molar-refractivity contribution in [3.8, 4) is 22.8 Å². The lowest BCUT2D eigenvalue weighted by Gasteiger charge is -2.28. The Morgan fingerprint density at radius 1 is 1.14 bits per heavy atom. The SMILES string of the molecule is CCCc1ncc2c(n1)CCN(Cc1cn[nH]c1-c1ccc(OC)c(OC)c1)C2. The smallest absolute Gasteiger partial charge is 0.161 e. The van der Waals surface area contributed by atoms with Crippen LogP contribution in [-0.2, 0) is 25.9 Å². The number of methoxy groups -OCH3 is 2. The van der Waals surface area contributed by atoms with Crippen molar-refractivity contribution >= 4 is 0 Å². The first-order chi connectivity index (χ1) is 14.2. The third-order valence-electron chi connectivity index (χ3n) is 5.32. The van der Waals surface area contributed by atoms with Crippen LogP contribution in [0, 0.1) is 0 Å². The molecule has 152 valence electrons. The van der Waals surface area contributed by atoms with Gasteiger partial charge in [0.1, 0.15) is 5.82 Å². The molecule has 0 radical (unpaired) electrons. The lowest BCUT2D eigenvalue weighted by Crippen LogP contribution is -2.31. The minimum absolute atomic E-state index is 0.706. The maximum absolute atomic E-state index is 5.45. The van der Waals surface area contributed by atoms with Crippen LogP contribution in [0.3, 0.4) is 0 Å². The monoisotopic (exact) mass is 393 g/mol. The number of rotatable bonds is 7.